The van der Waals surface area contributed by atoms with Gasteiger partial charge in [-0.3, -0.25) is 19.1 Å². The van der Waals surface area contributed by atoms with Crippen molar-refractivity contribution < 1.29 is 14.4 Å². The first-order valence-corrected chi connectivity index (χ1v) is 10.3. The third-order valence-corrected chi connectivity index (χ3v) is 5.48. The number of rotatable bonds is 5. The van der Waals surface area contributed by atoms with E-state index in [1.807, 2.05) is 0 Å². The zero-order chi connectivity index (χ0) is 22.0. The number of halogens is 1. The smallest absolute Gasteiger partial charge is 0.269 e. The van der Waals surface area contributed by atoms with Gasteiger partial charge < -0.3 is 16.0 Å². The molecule has 4 rings (SSSR count). The molecule has 1 atom stereocenters. The quantitative estimate of drug-likeness (QED) is 0.588. The normalized spacial score (nSPS) is 16.3. The molecule has 0 radical (unpaired) electrons. The van der Waals surface area contributed by atoms with Crippen molar-refractivity contribution in [2.75, 3.05) is 11.9 Å². The zero-order valence-electron chi connectivity index (χ0n) is 16.6. The fourth-order valence-electron chi connectivity index (χ4n) is 3.84. The average Bonchev–Trinajstić information content (AvgIpc) is 3.12. The van der Waals surface area contributed by atoms with E-state index in [0.717, 1.165) is 12.8 Å². The first-order valence-electron chi connectivity index (χ1n) is 9.92. The molecule has 1 fully saturated rings. The number of aromatic nitrogens is 3. The summed E-state index contributed by atoms with van der Waals surface area (Å²) < 4.78 is 1.46. The zero-order valence-corrected chi connectivity index (χ0v) is 17.4. The highest BCUT2D eigenvalue weighted by molar-refractivity contribution is 6.29. The Kier molecular flexibility index (Phi) is 5.85. The number of hydrogen-bond acceptors (Lipinski definition) is 5. The molecule has 1 aliphatic heterocycles. The van der Waals surface area contributed by atoms with E-state index in [1.165, 1.54) is 4.68 Å². The van der Waals surface area contributed by atoms with Crippen LogP contribution in [0.3, 0.4) is 0 Å². The predicted octanol–water partition coefficient (Wildman–Crippen LogP) is 2.20. The Morgan fingerprint density at radius 1 is 1.13 bits per heavy atom. The molecule has 0 spiro atoms. The van der Waals surface area contributed by atoms with Crippen LogP contribution in [0, 0.1) is 0 Å². The fourth-order valence-corrected chi connectivity index (χ4v) is 4.00. The lowest BCUT2D eigenvalue weighted by molar-refractivity contribution is -0.141. The number of nitrogens with two attached hydrogens (primary N) is 1. The summed E-state index contributed by atoms with van der Waals surface area (Å²) in [5.41, 5.74) is 6.18. The van der Waals surface area contributed by atoms with Crippen LogP contribution in [-0.4, -0.2) is 50.0 Å². The molecule has 3 amide bonds. The van der Waals surface area contributed by atoms with E-state index in [9.17, 15) is 14.4 Å². The minimum absolute atomic E-state index is 0.104. The highest BCUT2D eigenvalue weighted by Crippen LogP contribution is 2.22. The molecule has 3 N–H and O–H groups in total. The topological polar surface area (TPSA) is 123 Å². The van der Waals surface area contributed by atoms with Crippen molar-refractivity contribution in [3.05, 3.63) is 53.3 Å². The number of nitrogens with one attached hydrogen (secondary N) is 1. The Balaban J connectivity index is 1.55. The molecule has 160 valence electrons. The van der Waals surface area contributed by atoms with Gasteiger partial charge >= 0.3 is 0 Å². The molecule has 0 aliphatic carbocycles. The Hall–Kier alpha value is -3.46. The number of nitrogens with zero attached hydrogens (tertiary/aromatic N) is 4. The van der Waals surface area contributed by atoms with Crippen LogP contribution in [0.25, 0.3) is 10.9 Å². The van der Waals surface area contributed by atoms with Gasteiger partial charge in [-0.05, 0) is 37.5 Å². The molecule has 1 saturated heterocycles. The summed E-state index contributed by atoms with van der Waals surface area (Å²) >= 11 is 5.89. The lowest BCUT2D eigenvalue weighted by Gasteiger charge is -2.34. The van der Waals surface area contributed by atoms with Gasteiger partial charge in [0.15, 0.2) is 5.69 Å². The van der Waals surface area contributed by atoms with E-state index in [0.29, 0.717) is 29.7 Å². The number of benzene rings is 1. The Morgan fingerprint density at radius 2 is 1.94 bits per heavy atom. The lowest BCUT2D eigenvalue weighted by Crippen LogP contribution is -2.51. The highest BCUT2D eigenvalue weighted by atomic mass is 35.5. The molecule has 1 aliphatic rings. The first-order chi connectivity index (χ1) is 14.9. The molecule has 31 heavy (non-hydrogen) atoms. The number of piperidine rings is 1. The van der Waals surface area contributed by atoms with Crippen molar-refractivity contribution >= 4 is 46.0 Å². The Morgan fingerprint density at radius 3 is 2.71 bits per heavy atom. The summed E-state index contributed by atoms with van der Waals surface area (Å²) in [5, 5.41) is 7.83. The third-order valence-electron chi connectivity index (χ3n) is 5.27. The maximum absolute atomic E-state index is 13.1. The molecular formula is C21H21ClN6O3. The van der Waals surface area contributed by atoms with Crippen molar-refractivity contribution in [3.63, 3.8) is 0 Å². The van der Waals surface area contributed by atoms with Gasteiger partial charge in [-0.2, -0.15) is 5.10 Å². The number of fused-ring (bicyclic) bond motifs is 1. The van der Waals surface area contributed by atoms with E-state index in [4.69, 9.17) is 17.3 Å². The molecule has 9 nitrogen and oxygen atoms in total. The van der Waals surface area contributed by atoms with Crippen molar-refractivity contribution in [1.82, 2.24) is 19.7 Å². The van der Waals surface area contributed by atoms with E-state index >= 15 is 0 Å². The number of anilines is 1. The number of pyridine rings is 1. The van der Waals surface area contributed by atoms with Crippen molar-refractivity contribution in [2.45, 2.75) is 31.8 Å². The first kappa shape index (κ1) is 20.8. The van der Waals surface area contributed by atoms with Gasteiger partial charge in [-0.15, -0.1) is 0 Å². The number of primary amides is 1. The van der Waals surface area contributed by atoms with Crippen LogP contribution >= 0.6 is 11.6 Å². The lowest BCUT2D eigenvalue weighted by atomic mass is 10.0. The van der Waals surface area contributed by atoms with Gasteiger partial charge in [-0.25, -0.2) is 4.98 Å². The monoisotopic (exact) mass is 440 g/mol. The molecule has 2 aromatic heterocycles. The van der Waals surface area contributed by atoms with Crippen LogP contribution in [0.4, 0.5) is 5.82 Å². The second-order valence-corrected chi connectivity index (χ2v) is 7.71. The summed E-state index contributed by atoms with van der Waals surface area (Å²) in [4.78, 5) is 43.4. The maximum Gasteiger partial charge on any atom is 0.269 e. The Labute approximate surface area is 183 Å². The van der Waals surface area contributed by atoms with E-state index in [2.05, 4.69) is 15.4 Å². The van der Waals surface area contributed by atoms with E-state index in [1.54, 1.807) is 47.4 Å². The highest BCUT2D eigenvalue weighted by Gasteiger charge is 2.33. The van der Waals surface area contributed by atoms with Crippen LogP contribution in [0.5, 0.6) is 0 Å². The van der Waals surface area contributed by atoms with Crippen LogP contribution in [-0.2, 0) is 16.1 Å². The summed E-state index contributed by atoms with van der Waals surface area (Å²) in [6.45, 7) is 0.356. The summed E-state index contributed by atoms with van der Waals surface area (Å²) in [6, 6.07) is 11.4. The second kappa shape index (κ2) is 8.73. The third kappa shape index (κ3) is 4.36. The minimum atomic E-state index is -0.661. The molecule has 0 saturated carbocycles. The molecule has 3 aromatic rings. The van der Waals surface area contributed by atoms with Crippen molar-refractivity contribution in [3.8, 4) is 0 Å². The molecule has 10 heteroatoms. The van der Waals surface area contributed by atoms with Crippen LogP contribution in [0.1, 0.15) is 29.8 Å². The summed E-state index contributed by atoms with van der Waals surface area (Å²) in [5.74, 6) is -0.902. The van der Waals surface area contributed by atoms with Crippen LogP contribution in [0.2, 0.25) is 5.15 Å². The number of carbonyl (C=O) groups excluding carboxylic acids is 3. The largest absolute Gasteiger partial charge is 0.364 e. The maximum atomic E-state index is 13.1. The summed E-state index contributed by atoms with van der Waals surface area (Å²) in [7, 11) is 0. The predicted molar refractivity (Wildman–Crippen MR) is 115 cm³/mol. The standard InChI is InChI=1S/C21H21ClN6O3/c22-16-9-5-10-17(24-16)25-21(31)15-8-3-4-11-27(15)18(29)12-28-14-7-2-1-6-13(14)19(26-28)20(23)30/h1-2,5-7,9-10,15H,3-4,8,11-12H2,(H2,23,30)(H,24,25,31). The van der Waals surface area contributed by atoms with Crippen molar-refractivity contribution in [2.24, 2.45) is 5.73 Å². The SMILES string of the molecule is NC(=O)c1nn(CC(=O)N2CCCCC2C(=O)Nc2cccc(Cl)n2)c2ccccc12. The van der Waals surface area contributed by atoms with Crippen LogP contribution < -0.4 is 11.1 Å². The van der Waals surface area contributed by atoms with Gasteiger partial charge in [0.05, 0.1) is 5.52 Å². The molecule has 1 unspecified atom stereocenters. The van der Waals surface area contributed by atoms with Gasteiger partial charge in [-0.1, -0.05) is 35.9 Å². The van der Waals surface area contributed by atoms with Gasteiger partial charge in [0.25, 0.3) is 5.91 Å². The minimum Gasteiger partial charge on any atom is -0.364 e. The average molecular weight is 441 g/mol. The fraction of sp³-hybridized carbons (Fsp3) is 0.286. The van der Waals surface area contributed by atoms with Gasteiger partial charge in [0.1, 0.15) is 23.6 Å². The van der Waals surface area contributed by atoms with E-state index in [-0.39, 0.29) is 29.2 Å². The number of carbonyl (C=O) groups is 3. The van der Waals surface area contributed by atoms with Gasteiger partial charge in [0.2, 0.25) is 11.8 Å². The van der Waals surface area contributed by atoms with Gasteiger partial charge in [0, 0.05) is 11.9 Å². The number of hydrogen-bond donors (Lipinski definition) is 2. The molecule has 0 bridgehead atoms. The van der Waals surface area contributed by atoms with Crippen molar-refractivity contribution in [1.29, 1.82) is 0 Å². The van der Waals surface area contributed by atoms with Crippen LogP contribution in [0.15, 0.2) is 42.5 Å². The number of para-hydroxylation sites is 1. The number of amides is 3. The van der Waals surface area contributed by atoms with E-state index < -0.39 is 11.9 Å². The molecular weight excluding hydrogens is 420 g/mol. The second-order valence-electron chi connectivity index (χ2n) is 7.32. The Bertz CT molecular complexity index is 1160. The molecule has 1 aromatic carbocycles. The number of likely N-dealkylation sites (tertiary alicyclic amines) is 1. The summed E-state index contributed by atoms with van der Waals surface area (Å²) in [6.07, 6.45) is 2.18. The molecule has 3 heterocycles.